The molecular weight excluding hydrogens is 362 g/mol. The summed E-state index contributed by atoms with van der Waals surface area (Å²) >= 11 is 0.971. The number of nitrogens with zero attached hydrogens (tertiary/aromatic N) is 1. The standard InChI is InChI=1S/C20H25N3O3S/c1-20(2)9-14(24)17(15(25)10-20)18-13-6-4-3-5-12(13)7-8-23(18)16(26)11-27-19(21)22/h3-6,18,24H,7-11H2,1-2H3,(H3,21,22)/t18-/m0/s1. The Morgan fingerprint density at radius 1 is 1.37 bits per heavy atom. The SMILES string of the molecule is CC1(C)CC(=O)C([C@@H]2c3ccccc3CCN2C(=O)CSC(=N)N)=C(O)C1. The number of fused-ring (bicyclic) bond motifs is 1. The molecule has 1 aliphatic heterocycles. The highest BCUT2D eigenvalue weighted by atomic mass is 32.2. The first kappa shape index (κ1) is 19.5. The molecule has 0 saturated carbocycles. The highest BCUT2D eigenvalue weighted by Crippen LogP contribution is 2.44. The van der Waals surface area contributed by atoms with Crippen molar-refractivity contribution in [3.8, 4) is 0 Å². The van der Waals surface area contributed by atoms with Crippen LogP contribution in [0.2, 0.25) is 0 Å². The van der Waals surface area contributed by atoms with Crippen molar-refractivity contribution in [2.45, 2.75) is 39.2 Å². The van der Waals surface area contributed by atoms with Crippen LogP contribution in [0.25, 0.3) is 0 Å². The number of nitrogens with one attached hydrogen (secondary N) is 1. The lowest BCUT2D eigenvalue weighted by atomic mass is 9.73. The number of rotatable bonds is 3. The molecule has 4 N–H and O–H groups in total. The van der Waals surface area contributed by atoms with Crippen LogP contribution in [0.3, 0.4) is 0 Å². The van der Waals surface area contributed by atoms with Crippen molar-refractivity contribution in [3.05, 3.63) is 46.7 Å². The van der Waals surface area contributed by atoms with Crippen LogP contribution in [0.4, 0.5) is 0 Å². The van der Waals surface area contributed by atoms with Crippen molar-refractivity contribution in [2.24, 2.45) is 11.1 Å². The third-order valence-corrected chi connectivity index (χ3v) is 5.83. The minimum atomic E-state index is -0.585. The lowest BCUT2D eigenvalue weighted by Gasteiger charge is -2.41. The van der Waals surface area contributed by atoms with Crippen LogP contribution >= 0.6 is 11.8 Å². The van der Waals surface area contributed by atoms with Gasteiger partial charge in [-0.1, -0.05) is 49.9 Å². The van der Waals surface area contributed by atoms with Crippen LogP contribution in [0.1, 0.15) is 43.9 Å². The average molecular weight is 388 g/mol. The number of carbonyl (C=O) groups is 2. The Hall–Kier alpha value is -2.28. The molecule has 6 nitrogen and oxygen atoms in total. The highest BCUT2D eigenvalue weighted by Gasteiger charge is 2.42. The van der Waals surface area contributed by atoms with E-state index in [1.807, 2.05) is 38.1 Å². The van der Waals surface area contributed by atoms with Gasteiger partial charge in [0.2, 0.25) is 5.91 Å². The van der Waals surface area contributed by atoms with Crippen molar-refractivity contribution >= 4 is 28.6 Å². The van der Waals surface area contributed by atoms with Gasteiger partial charge in [0.15, 0.2) is 11.0 Å². The van der Waals surface area contributed by atoms with Gasteiger partial charge in [-0.15, -0.1) is 0 Å². The number of hydrogen-bond acceptors (Lipinski definition) is 5. The summed E-state index contributed by atoms with van der Waals surface area (Å²) in [6.45, 7) is 4.38. The first-order valence-corrected chi connectivity index (χ1v) is 9.97. The van der Waals surface area contributed by atoms with Gasteiger partial charge in [-0.25, -0.2) is 0 Å². The van der Waals surface area contributed by atoms with Gasteiger partial charge < -0.3 is 15.7 Å². The van der Waals surface area contributed by atoms with Crippen LogP contribution in [0.5, 0.6) is 0 Å². The lowest BCUT2D eigenvalue weighted by molar-refractivity contribution is -0.131. The van der Waals surface area contributed by atoms with E-state index in [1.54, 1.807) is 4.90 Å². The van der Waals surface area contributed by atoms with Gasteiger partial charge in [0.1, 0.15) is 5.76 Å². The number of amides is 1. The molecule has 1 aliphatic carbocycles. The molecule has 0 radical (unpaired) electrons. The molecule has 2 aliphatic rings. The van der Waals surface area contributed by atoms with Gasteiger partial charge >= 0.3 is 0 Å². The fourth-order valence-electron chi connectivity index (χ4n) is 3.98. The second-order valence-corrected chi connectivity index (χ2v) is 8.91. The van der Waals surface area contributed by atoms with Gasteiger partial charge in [0, 0.05) is 19.4 Å². The fourth-order valence-corrected chi connectivity index (χ4v) is 4.43. The molecule has 0 aromatic heterocycles. The van der Waals surface area contributed by atoms with E-state index in [1.165, 1.54) is 0 Å². The molecule has 3 rings (SSSR count). The molecule has 0 unspecified atom stereocenters. The molecule has 0 spiro atoms. The third kappa shape index (κ3) is 4.03. The summed E-state index contributed by atoms with van der Waals surface area (Å²) < 4.78 is 0. The van der Waals surface area contributed by atoms with E-state index >= 15 is 0 Å². The molecule has 1 heterocycles. The first-order valence-electron chi connectivity index (χ1n) is 8.99. The topological polar surface area (TPSA) is 107 Å². The van der Waals surface area contributed by atoms with Crippen molar-refractivity contribution in [2.75, 3.05) is 12.3 Å². The normalized spacial score (nSPS) is 21.8. The predicted octanol–water partition coefficient (Wildman–Crippen LogP) is 2.94. The van der Waals surface area contributed by atoms with E-state index in [-0.39, 0.29) is 33.8 Å². The second kappa shape index (κ2) is 7.38. The average Bonchev–Trinajstić information content (AvgIpc) is 2.58. The van der Waals surface area contributed by atoms with Crippen LogP contribution in [-0.4, -0.2) is 39.2 Å². The molecule has 0 bridgehead atoms. The second-order valence-electron chi connectivity index (χ2n) is 7.89. The van der Waals surface area contributed by atoms with Crippen molar-refractivity contribution in [1.82, 2.24) is 4.90 Å². The Labute approximate surface area is 163 Å². The van der Waals surface area contributed by atoms with Gasteiger partial charge in [-0.2, -0.15) is 0 Å². The zero-order valence-electron chi connectivity index (χ0n) is 15.6. The maximum Gasteiger partial charge on any atom is 0.233 e. The first-order chi connectivity index (χ1) is 12.7. The van der Waals surface area contributed by atoms with E-state index < -0.39 is 6.04 Å². The Balaban J connectivity index is 2.05. The number of Topliss-reactive ketones (excluding diaryl/α,β-unsaturated/α-hetero) is 1. The number of amidine groups is 1. The van der Waals surface area contributed by atoms with Gasteiger partial charge in [0.25, 0.3) is 0 Å². The summed E-state index contributed by atoms with van der Waals surface area (Å²) in [7, 11) is 0. The van der Waals surface area contributed by atoms with Crippen LogP contribution in [0.15, 0.2) is 35.6 Å². The number of aliphatic hydroxyl groups is 1. The molecule has 7 heteroatoms. The molecule has 1 amide bonds. The van der Waals surface area contributed by atoms with Crippen molar-refractivity contribution < 1.29 is 14.7 Å². The Morgan fingerprint density at radius 2 is 2.07 bits per heavy atom. The minimum absolute atomic E-state index is 0.0434. The van der Waals surface area contributed by atoms with Gasteiger partial charge in [-0.05, 0) is 23.0 Å². The van der Waals surface area contributed by atoms with Crippen LogP contribution < -0.4 is 5.73 Å². The third-order valence-electron chi connectivity index (χ3n) is 5.12. The number of hydrogen-bond donors (Lipinski definition) is 3. The van der Waals surface area contributed by atoms with E-state index in [0.29, 0.717) is 31.4 Å². The number of carbonyl (C=O) groups excluding carboxylic acids is 2. The zero-order chi connectivity index (χ0) is 19.8. The fraction of sp³-hybridized carbons (Fsp3) is 0.450. The lowest BCUT2D eigenvalue weighted by Crippen LogP contribution is -2.44. The number of ketones is 1. The monoisotopic (exact) mass is 387 g/mol. The Morgan fingerprint density at radius 3 is 2.74 bits per heavy atom. The number of nitrogens with two attached hydrogens (primary N) is 1. The van der Waals surface area contributed by atoms with E-state index in [0.717, 1.165) is 22.9 Å². The summed E-state index contributed by atoms with van der Waals surface area (Å²) in [6, 6.07) is 7.17. The van der Waals surface area contributed by atoms with Crippen molar-refractivity contribution in [1.29, 1.82) is 5.41 Å². The maximum absolute atomic E-state index is 12.9. The van der Waals surface area contributed by atoms with E-state index in [2.05, 4.69) is 0 Å². The Bertz CT molecular complexity index is 832. The largest absolute Gasteiger partial charge is 0.512 e. The van der Waals surface area contributed by atoms with Crippen molar-refractivity contribution in [3.63, 3.8) is 0 Å². The molecule has 0 fully saturated rings. The molecule has 0 saturated heterocycles. The molecule has 1 aromatic carbocycles. The maximum atomic E-state index is 12.9. The number of thioether (sulfide) groups is 1. The summed E-state index contributed by atoms with van der Waals surface area (Å²) in [5.41, 5.74) is 7.39. The summed E-state index contributed by atoms with van der Waals surface area (Å²) in [4.78, 5) is 27.4. The van der Waals surface area contributed by atoms with Crippen LogP contribution in [0, 0.1) is 10.8 Å². The molecular formula is C20H25N3O3S. The molecule has 27 heavy (non-hydrogen) atoms. The number of benzene rings is 1. The summed E-state index contributed by atoms with van der Waals surface area (Å²) in [5.74, 6) is -0.174. The zero-order valence-corrected chi connectivity index (χ0v) is 16.4. The van der Waals surface area contributed by atoms with E-state index in [4.69, 9.17) is 11.1 Å². The molecule has 1 atom stereocenters. The minimum Gasteiger partial charge on any atom is -0.512 e. The summed E-state index contributed by atoms with van der Waals surface area (Å²) in [6.07, 6.45) is 1.45. The smallest absolute Gasteiger partial charge is 0.233 e. The molecule has 1 aromatic rings. The van der Waals surface area contributed by atoms with Gasteiger partial charge in [-0.3, -0.25) is 15.0 Å². The highest BCUT2D eigenvalue weighted by molar-refractivity contribution is 8.14. The summed E-state index contributed by atoms with van der Waals surface area (Å²) in [5, 5.41) is 18.0. The predicted molar refractivity (Wildman–Crippen MR) is 107 cm³/mol. The quantitative estimate of drug-likeness (QED) is 0.546. The number of allylic oxidation sites excluding steroid dienone is 1. The van der Waals surface area contributed by atoms with Gasteiger partial charge in [0.05, 0.1) is 17.4 Å². The molecule has 144 valence electrons. The Kier molecular flexibility index (Phi) is 5.33. The van der Waals surface area contributed by atoms with E-state index in [9.17, 15) is 14.7 Å². The number of aliphatic hydroxyl groups excluding tert-OH is 1. The van der Waals surface area contributed by atoms with Crippen LogP contribution in [-0.2, 0) is 16.0 Å².